The van der Waals surface area contributed by atoms with Gasteiger partial charge in [0.15, 0.2) is 0 Å². The molecule has 0 radical (unpaired) electrons. The number of halogens is 2. The Kier molecular flexibility index (Phi) is 4.49. The topological polar surface area (TPSA) is 48.7 Å². The van der Waals surface area contributed by atoms with E-state index in [-0.39, 0.29) is 0 Å². The highest BCUT2D eigenvalue weighted by Gasteiger charge is 2.08. The van der Waals surface area contributed by atoms with Gasteiger partial charge in [0, 0.05) is 18.3 Å². The van der Waals surface area contributed by atoms with Crippen LogP contribution in [0.15, 0.2) is 24.3 Å². The summed E-state index contributed by atoms with van der Waals surface area (Å²) in [6.45, 7) is 4.10. The Morgan fingerprint density at radius 3 is 2.43 bits per heavy atom. The van der Waals surface area contributed by atoms with Crippen LogP contribution in [0.3, 0.4) is 0 Å². The van der Waals surface area contributed by atoms with Crippen LogP contribution in [0.25, 0.3) is 0 Å². The second kappa shape index (κ2) is 6.31. The van der Waals surface area contributed by atoms with Crippen molar-refractivity contribution in [2.45, 2.75) is 20.3 Å². The van der Waals surface area contributed by atoms with E-state index < -0.39 is 11.6 Å². The van der Waals surface area contributed by atoms with E-state index in [1.165, 1.54) is 12.1 Å². The van der Waals surface area contributed by atoms with E-state index in [2.05, 4.69) is 16.4 Å². The number of aryl methyl sites for hydroxylation is 2. The monoisotopic (exact) mass is 287 g/mol. The number of nitrogens with one attached hydrogen (secondary N) is 1. The van der Waals surface area contributed by atoms with E-state index in [1.807, 2.05) is 6.92 Å². The zero-order chi connectivity index (χ0) is 15.4. The van der Waals surface area contributed by atoms with Gasteiger partial charge in [-0.3, -0.25) is 4.98 Å². The van der Waals surface area contributed by atoms with Crippen molar-refractivity contribution >= 4 is 5.69 Å². The molecule has 1 aromatic carbocycles. The average molecular weight is 287 g/mol. The van der Waals surface area contributed by atoms with Gasteiger partial charge in [0.05, 0.1) is 16.9 Å². The Bertz CT molecular complexity index is 685. The zero-order valence-electron chi connectivity index (χ0n) is 11.9. The SMILES string of the molecule is Cc1cc(NCCc2cc(F)cc(F)c2)c(C#N)c(C)n1. The standard InChI is InChI=1S/C16H15F2N3/c1-10-5-16(15(9-19)11(2)21-10)20-4-3-12-6-13(17)8-14(18)7-12/h5-8H,3-4H2,1-2H3,(H,20,21). The molecule has 0 aliphatic heterocycles. The summed E-state index contributed by atoms with van der Waals surface area (Å²) < 4.78 is 26.2. The Morgan fingerprint density at radius 2 is 1.81 bits per heavy atom. The summed E-state index contributed by atoms with van der Waals surface area (Å²) in [5.74, 6) is -1.17. The van der Waals surface area contributed by atoms with Gasteiger partial charge < -0.3 is 5.32 Å². The van der Waals surface area contributed by atoms with Crippen molar-refractivity contribution < 1.29 is 8.78 Å². The molecule has 1 N–H and O–H groups in total. The Morgan fingerprint density at radius 1 is 1.14 bits per heavy atom. The summed E-state index contributed by atoms with van der Waals surface area (Å²) in [6, 6.07) is 7.36. The van der Waals surface area contributed by atoms with Gasteiger partial charge >= 0.3 is 0 Å². The number of nitriles is 1. The van der Waals surface area contributed by atoms with Gasteiger partial charge in [0.2, 0.25) is 0 Å². The lowest BCUT2D eigenvalue weighted by atomic mass is 10.1. The second-order valence-corrected chi connectivity index (χ2v) is 4.84. The highest BCUT2D eigenvalue weighted by molar-refractivity contribution is 5.59. The van der Waals surface area contributed by atoms with Crippen LogP contribution in [-0.4, -0.2) is 11.5 Å². The van der Waals surface area contributed by atoms with Gasteiger partial charge in [0.1, 0.15) is 17.7 Å². The second-order valence-electron chi connectivity index (χ2n) is 4.84. The summed E-state index contributed by atoms with van der Waals surface area (Å²) >= 11 is 0. The fourth-order valence-electron chi connectivity index (χ4n) is 2.21. The minimum absolute atomic E-state index is 0.458. The lowest BCUT2D eigenvalue weighted by molar-refractivity contribution is 0.580. The Labute approximate surface area is 122 Å². The summed E-state index contributed by atoms with van der Waals surface area (Å²) in [4.78, 5) is 4.23. The van der Waals surface area contributed by atoms with E-state index >= 15 is 0 Å². The minimum Gasteiger partial charge on any atom is -0.384 e. The highest BCUT2D eigenvalue weighted by atomic mass is 19.1. The van der Waals surface area contributed by atoms with Crippen molar-refractivity contribution in [3.05, 3.63) is 58.4 Å². The third-order valence-electron chi connectivity index (χ3n) is 3.09. The molecule has 21 heavy (non-hydrogen) atoms. The fourth-order valence-corrected chi connectivity index (χ4v) is 2.21. The molecule has 0 saturated carbocycles. The molecule has 0 fully saturated rings. The number of hydrogen-bond donors (Lipinski definition) is 1. The first-order valence-corrected chi connectivity index (χ1v) is 6.57. The van der Waals surface area contributed by atoms with Crippen molar-refractivity contribution in [2.75, 3.05) is 11.9 Å². The largest absolute Gasteiger partial charge is 0.384 e. The number of nitrogens with zero attached hydrogens (tertiary/aromatic N) is 2. The maximum atomic E-state index is 13.1. The Hall–Kier alpha value is -2.48. The predicted molar refractivity (Wildman–Crippen MR) is 77.0 cm³/mol. The van der Waals surface area contributed by atoms with Crippen molar-refractivity contribution in [1.82, 2.24) is 4.98 Å². The van der Waals surface area contributed by atoms with Crippen LogP contribution >= 0.6 is 0 Å². The van der Waals surface area contributed by atoms with Gasteiger partial charge in [-0.15, -0.1) is 0 Å². The number of hydrogen-bond acceptors (Lipinski definition) is 3. The molecule has 2 aromatic rings. The van der Waals surface area contributed by atoms with Crippen LogP contribution in [-0.2, 0) is 6.42 Å². The van der Waals surface area contributed by atoms with Crippen LogP contribution < -0.4 is 5.32 Å². The van der Waals surface area contributed by atoms with Crippen LogP contribution in [0.2, 0.25) is 0 Å². The predicted octanol–water partition coefficient (Wildman–Crippen LogP) is 3.50. The molecular formula is C16H15F2N3. The van der Waals surface area contributed by atoms with Gasteiger partial charge in [-0.25, -0.2) is 8.78 Å². The van der Waals surface area contributed by atoms with Crippen LogP contribution in [0, 0.1) is 36.8 Å². The first-order valence-electron chi connectivity index (χ1n) is 6.57. The molecule has 0 aliphatic rings. The molecule has 1 heterocycles. The highest BCUT2D eigenvalue weighted by Crippen LogP contribution is 2.18. The number of rotatable bonds is 4. The molecule has 0 bridgehead atoms. The van der Waals surface area contributed by atoms with Crippen molar-refractivity contribution in [2.24, 2.45) is 0 Å². The molecule has 0 saturated heterocycles. The van der Waals surface area contributed by atoms with E-state index in [4.69, 9.17) is 5.26 Å². The quantitative estimate of drug-likeness (QED) is 0.936. The number of pyridine rings is 1. The maximum absolute atomic E-state index is 13.1. The van der Waals surface area contributed by atoms with E-state index in [0.29, 0.717) is 35.5 Å². The molecule has 0 amide bonds. The van der Waals surface area contributed by atoms with E-state index in [0.717, 1.165) is 11.8 Å². The molecule has 0 spiro atoms. The Balaban J connectivity index is 2.09. The first kappa shape index (κ1) is 14.9. The molecule has 5 heteroatoms. The summed E-state index contributed by atoms with van der Waals surface area (Å²) in [6.07, 6.45) is 0.458. The minimum atomic E-state index is -0.585. The smallest absolute Gasteiger partial charge is 0.126 e. The number of benzene rings is 1. The summed E-state index contributed by atoms with van der Waals surface area (Å²) in [7, 11) is 0. The first-order chi connectivity index (χ1) is 9.99. The molecule has 2 rings (SSSR count). The van der Waals surface area contributed by atoms with Crippen molar-refractivity contribution in [1.29, 1.82) is 5.26 Å². The third kappa shape index (κ3) is 3.76. The average Bonchev–Trinajstić information content (AvgIpc) is 2.37. The maximum Gasteiger partial charge on any atom is 0.126 e. The molecule has 0 unspecified atom stereocenters. The van der Waals surface area contributed by atoms with Gasteiger partial charge in [0.25, 0.3) is 0 Å². The molecule has 0 atom stereocenters. The lowest BCUT2D eigenvalue weighted by Crippen LogP contribution is -2.08. The van der Waals surface area contributed by atoms with Crippen LogP contribution in [0.1, 0.15) is 22.5 Å². The number of aromatic nitrogens is 1. The molecule has 1 aromatic heterocycles. The van der Waals surface area contributed by atoms with Gasteiger partial charge in [-0.1, -0.05) is 0 Å². The molecule has 108 valence electrons. The van der Waals surface area contributed by atoms with Crippen molar-refractivity contribution in [3.8, 4) is 6.07 Å². The normalized spacial score (nSPS) is 10.2. The summed E-state index contributed by atoms with van der Waals surface area (Å²) in [5, 5.41) is 12.3. The van der Waals surface area contributed by atoms with Gasteiger partial charge in [-0.05, 0) is 44.0 Å². The van der Waals surface area contributed by atoms with Crippen molar-refractivity contribution in [3.63, 3.8) is 0 Å². The van der Waals surface area contributed by atoms with E-state index in [9.17, 15) is 8.78 Å². The number of anilines is 1. The molecule has 3 nitrogen and oxygen atoms in total. The van der Waals surface area contributed by atoms with Gasteiger partial charge in [-0.2, -0.15) is 5.26 Å². The zero-order valence-corrected chi connectivity index (χ0v) is 11.9. The molecular weight excluding hydrogens is 272 g/mol. The van der Waals surface area contributed by atoms with E-state index in [1.54, 1.807) is 13.0 Å². The fraction of sp³-hybridized carbons (Fsp3) is 0.250. The van der Waals surface area contributed by atoms with Crippen LogP contribution in [0.4, 0.5) is 14.5 Å². The molecule has 0 aliphatic carbocycles. The van der Waals surface area contributed by atoms with Crippen LogP contribution in [0.5, 0.6) is 0 Å². The lowest BCUT2D eigenvalue weighted by Gasteiger charge is -2.11. The third-order valence-corrected chi connectivity index (χ3v) is 3.09. The summed E-state index contributed by atoms with van der Waals surface area (Å²) in [5.41, 5.74) is 3.23.